The molecule has 0 spiro atoms. The van der Waals surface area contributed by atoms with Gasteiger partial charge in [-0.2, -0.15) is 0 Å². The van der Waals surface area contributed by atoms with Gasteiger partial charge in [-0.1, -0.05) is 18.2 Å². The van der Waals surface area contributed by atoms with Crippen LogP contribution in [0.2, 0.25) is 0 Å². The fraction of sp³-hybridized carbons (Fsp3) is 0.263. The van der Waals surface area contributed by atoms with Crippen LogP contribution in [0.4, 0.5) is 5.69 Å². The van der Waals surface area contributed by atoms with E-state index in [1.54, 1.807) is 11.3 Å². The molecule has 4 aromatic rings. The third-order valence-electron chi connectivity index (χ3n) is 4.36. The SMILES string of the molecule is CCN(CCCNC(=O)c1cc2c(nc3sccn32)s1)c1ccccc1. The van der Waals surface area contributed by atoms with Crippen LogP contribution in [-0.4, -0.2) is 34.9 Å². The summed E-state index contributed by atoms with van der Waals surface area (Å²) in [6.45, 7) is 4.69. The van der Waals surface area contributed by atoms with Crippen LogP contribution in [0, 0.1) is 0 Å². The van der Waals surface area contributed by atoms with Gasteiger partial charge in [0.1, 0.15) is 4.83 Å². The number of nitrogens with zero attached hydrogens (tertiary/aromatic N) is 3. The van der Waals surface area contributed by atoms with Crippen molar-refractivity contribution < 1.29 is 4.79 Å². The van der Waals surface area contributed by atoms with Crippen LogP contribution < -0.4 is 10.2 Å². The van der Waals surface area contributed by atoms with Crippen molar-refractivity contribution in [3.05, 3.63) is 52.9 Å². The Kier molecular flexibility index (Phi) is 4.90. The number of carbonyl (C=O) groups excluding carboxylic acids is 1. The molecule has 0 unspecified atom stereocenters. The maximum absolute atomic E-state index is 12.4. The first-order chi connectivity index (χ1) is 12.8. The number of imidazole rings is 1. The van der Waals surface area contributed by atoms with Crippen LogP contribution in [0.3, 0.4) is 0 Å². The second kappa shape index (κ2) is 7.47. The van der Waals surface area contributed by atoms with Gasteiger partial charge in [-0.05, 0) is 31.5 Å². The summed E-state index contributed by atoms with van der Waals surface area (Å²) in [5.74, 6) is -0.0141. The lowest BCUT2D eigenvalue weighted by Crippen LogP contribution is -2.29. The van der Waals surface area contributed by atoms with Crippen LogP contribution in [0.15, 0.2) is 48.0 Å². The molecule has 0 aliphatic carbocycles. The number of anilines is 1. The third kappa shape index (κ3) is 3.32. The Bertz CT molecular complexity index is 1020. The molecule has 1 N–H and O–H groups in total. The first kappa shape index (κ1) is 17.1. The van der Waals surface area contributed by atoms with Crippen molar-refractivity contribution in [1.29, 1.82) is 0 Å². The molecule has 26 heavy (non-hydrogen) atoms. The predicted molar refractivity (Wildman–Crippen MR) is 110 cm³/mol. The van der Waals surface area contributed by atoms with Gasteiger partial charge in [0, 0.05) is 36.9 Å². The summed E-state index contributed by atoms with van der Waals surface area (Å²) in [4.78, 5) is 21.9. The lowest BCUT2D eigenvalue weighted by molar-refractivity contribution is 0.0957. The number of benzene rings is 1. The van der Waals surface area contributed by atoms with Crippen LogP contribution in [0.25, 0.3) is 15.3 Å². The number of nitrogens with one attached hydrogen (secondary N) is 1. The standard InChI is InChI=1S/C19H20N4OS2/c1-2-22(14-7-4-3-5-8-14)10-6-9-20-17(24)16-13-15-18(26-16)21-19-23(15)11-12-25-19/h3-5,7-8,11-13H,2,6,9-10H2,1H3,(H,20,24). The Morgan fingerprint density at radius 2 is 2.15 bits per heavy atom. The molecule has 7 heteroatoms. The molecule has 0 radical (unpaired) electrons. The summed E-state index contributed by atoms with van der Waals surface area (Å²) in [5.41, 5.74) is 2.24. The van der Waals surface area contributed by atoms with Crippen molar-refractivity contribution >= 4 is 49.6 Å². The number of para-hydroxylation sites is 1. The smallest absolute Gasteiger partial charge is 0.261 e. The molecular weight excluding hydrogens is 364 g/mol. The highest BCUT2D eigenvalue weighted by Crippen LogP contribution is 2.28. The number of hydrogen-bond acceptors (Lipinski definition) is 5. The minimum Gasteiger partial charge on any atom is -0.372 e. The molecule has 3 heterocycles. The van der Waals surface area contributed by atoms with E-state index in [9.17, 15) is 4.79 Å². The molecule has 4 rings (SSSR count). The van der Waals surface area contributed by atoms with Crippen molar-refractivity contribution in [3.63, 3.8) is 0 Å². The van der Waals surface area contributed by atoms with Crippen LogP contribution in [0.1, 0.15) is 23.0 Å². The van der Waals surface area contributed by atoms with Gasteiger partial charge in [0.05, 0.1) is 10.4 Å². The number of rotatable bonds is 7. The summed E-state index contributed by atoms with van der Waals surface area (Å²) in [6.07, 6.45) is 2.90. The van der Waals surface area contributed by atoms with E-state index in [-0.39, 0.29) is 5.91 Å². The van der Waals surface area contributed by atoms with Crippen molar-refractivity contribution in [2.24, 2.45) is 0 Å². The highest BCUT2D eigenvalue weighted by atomic mass is 32.1. The third-order valence-corrected chi connectivity index (χ3v) is 6.13. The van der Waals surface area contributed by atoms with E-state index in [0.717, 1.165) is 39.7 Å². The fourth-order valence-corrected chi connectivity index (χ4v) is 4.74. The molecule has 1 aromatic carbocycles. The van der Waals surface area contributed by atoms with E-state index in [0.29, 0.717) is 6.54 Å². The number of thiophene rings is 1. The van der Waals surface area contributed by atoms with Crippen molar-refractivity contribution in [2.75, 3.05) is 24.5 Å². The topological polar surface area (TPSA) is 49.6 Å². The van der Waals surface area contributed by atoms with E-state index < -0.39 is 0 Å². The predicted octanol–water partition coefficient (Wildman–Crippen LogP) is 4.26. The van der Waals surface area contributed by atoms with Gasteiger partial charge in [0.15, 0.2) is 4.96 Å². The number of fused-ring (bicyclic) bond motifs is 3. The minimum atomic E-state index is -0.0141. The second-order valence-electron chi connectivity index (χ2n) is 5.99. The van der Waals surface area contributed by atoms with Crippen LogP contribution >= 0.6 is 22.7 Å². The van der Waals surface area contributed by atoms with Gasteiger partial charge in [0.2, 0.25) is 0 Å². The number of thiazole rings is 1. The molecule has 0 aliphatic rings. The van der Waals surface area contributed by atoms with E-state index in [1.165, 1.54) is 17.0 Å². The van der Waals surface area contributed by atoms with E-state index in [1.807, 2.05) is 28.1 Å². The summed E-state index contributed by atoms with van der Waals surface area (Å²) in [7, 11) is 0. The minimum absolute atomic E-state index is 0.0141. The van der Waals surface area contributed by atoms with Gasteiger partial charge in [-0.15, -0.1) is 22.7 Å². The lowest BCUT2D eigenvalue weighted by atomic mass is 10.2. The highest BCUT2D eigenvalue weighted by molar-refractivity contribution is 7.21. The van der Waals surface area contributed by atoms with Gasteiger partial charge >= 0.3 is 0 Å². The largest absolute Gasteiger partial charge is 0.372 e. The fourth-order valence-electron chi connectivity index (χ4n) is 3.03. The molecule has 0 atom stereocenters. The quantitative estimate of drug-likeness (QED) is 0.485. The van der Waals surface area contributed by atoms with E-state index in [2.05, 4.69) is 46.4 Å². The zero-order chi connectivity index (χ0) is 17.9. The summed E-state index contributed by atoms with van der Waals surface area (Å²) in [6, 6.07) is 12.3. The summed E-state index contributed by atoms with van der Waals surface area (Å²) < 4.78 is 2.03. The van der Waals surface area contributed by atoms with Crippen molar-refractivity contribution in [1.82, 2.24) is 14.7 Å². The van der Waals surface area contributed by atoms with Crippen molar-refractivity contribution in [2.45, 2.75) is 13.3 Å². The normalized spacial score (nSPS) is 11.3. The maximum atomic E-state index is 12.4. The maximum Gasteiger partial charge on any atom is 0.261 e. The Hall–Kier alpha value is -2.38. The Balaban J connectivity index is 1.33. The number of aromatic nitrogens is 2. The Morgan fingerprint density at radius 3 is 2.96 bits per heavy atom. The van der Waals surface area contributed by atoms with Gasteiger partial charge in [-0.25, -0.2) is 4.98 Å². The molecular formula is C19H20N4OS2. The number of carbonyl (C=O) groups is 1. The van der Waals surface area contributed by atoms with E-state index in [4.69, 9.17) is 0 Å². The average molecular weight is 385 g/mol. The van der Waals surface area contributed by atoms with Gasteiger partial charge < -0.3 is 10.2 Å². The molecule has 0 saturated heterocycles. The first-order valence-electron chi connectivity index (χ1n) is 8.69. The average Bonchev–Trinajstić information content (AvgIpc) is 3.34. The molecule has 1 amide bonds. The van der Waals surface area contributed by atoms with Crippen molar-refractivity contribution in [3.8, 4) is 0 Å². The number of hydrogen-bond donors (Lipinski definition) is 1. The molecule has 3 aromatic heterocycles. The zero-order valence-electron chi connectivity index (χ0n) is 14.5. The molecule has 0 bridgehead atoms. The second-order valence-corrected chi connectivity index (χ2v) is 7.90. The molecule has 0 aliphatic heterocycles. The van der Waals surface area contributed by atoms with Gasteiger partial charge in [-0.3, -0.25) is 9.20 Å². The zero-order valence-corrected chi connectivity index (χ0v) is 16.1. The molecule has 0 saturated carbocycles. The highest BCUT2D eigenvalue weighted by Gasteiger charge is 2.14. The van der Waals surface area contributed by atoms with Crippen LogP contribution in [-0.2, 0) is 0 Å². The Morgan fingerprint density at radius 1 is 1.31 bits per heavy atom. The first-order valence-corrected chi connectivity index (χ1v) is 10.4. The van der Waals surface area contributed by atoms with Crippen LogP contribution in [0.5, 0.6) is 0 Å². The van der Waals surface area contributed by atoms with Gasteiger partial charge in [0.25, 0.3) is 5.91 Å². The van der Waals surface area contributed by atoms with E-state index >= 15 is 0 Å². The summed E-state index contributed by atoms with van der Waals surface area (Å²) in [5, 5.41) is 5.04. The Labute approximate surface area is 159 Å². The lowest BCUT2D eigenvalue weighted by Gasteiger charge is -2.23. The molecule has 134 valence electrons. The molecule has 0 fully saturated rings. The number of amides is 1. The molecule has 5 nitrogen and oxygen atoms in total. The monoisotopic (exact) mass is 384 g/mol. The summed E-state index contributed by atoms with van der Waals surface area (Å²) >= 11 is 3.06.